The third-order valence-electron chi connectivity index (χ3n) is 3.53. The van der Waals surface area contributed by atoms with Crippen molar-refractivity contribution < 1.29 is 4.92 Å². The molecule has 1 unspecified atom stereocenters. The molecule has 3 rings (SSSR count). The van der Waals surface area contributed by atoms with Crippen LogP contribution in [0.2, 0.25) is 0 Å². The molecule has 0 saturated carbocycles. The normalized spacial score (nSPS) is 18.3. The SMILES string of the molecule is CC1=NC(=Nc2ccc(I)cc2)N=C(Nc2ccc(I)cc2)C1[N+](=O)[O-]. The second-order valence-corrected chi connectivity index (χ2v) is 7.95. The third kappa shape index (κ3) is 4.63. The van der Waals surface area contributed by atoms with E-state index in [0.29, 0.717) is 11.4 Å². The maximum absolute atomic E-state index is 11.5. The number of rotatable bonds is 3. The summed E-state index contributed by atoms with van der Waals surface area (Å²) < 4.78 is 2.16. The number of amidine groups is 1. The van der Waals surface area contributed by atoms with Gasteiger partial charge in [-0.15, -0.1) is 0 Å². The Bertz CT molecular complexity index is 921. The van der Waals surface area contributed by atoms with Crippen LogP contribution < -0.4 is 5.32 Å². The first-order chi connectivity index (χ1) is 12.4. The molecule has 1 heterocycles. The van der Waals surface area contributed by atoms with E-state index in [9.17, 15) is 10.1 Å². The molecule has 132 valence electrons. The van der Waals surface area contributed by atoms with E-state index in [-0.39, 0.29) is 11.8 Å². The number of aliphatic imine (C=N–C) groups is 3. The molecule has 7 nitrogen and oxygen atoms in total. The maximum atomic E-state index is 11.5. The van der Waals surface area contributed by atoms with Crippen LogP contribution in [0.15, 0.2) is 63.5 Å². The number of anilines is 1. The smallest absolute Gasteiger partial charge is 0.307 e. The van der Waals surface area contributed by atoms with Crippen molar-refractivity contribution in [3.63, 3.8) is 0 Å². The van der Waals surface area contributed by atoms with Gasteiger partial charge in [-0.1, -0.05) is 0 Å². The summed E-state index contributed by atoms with van der Waals surface area (Å²) in [5.74, 6) is 0.391. The third-order valence-corrected chi connectivity index (χ3v) is 4.97. The molecule has 26 heavy (non-hydrogen) atoms. The Morgan fingerprint density at radius 1 is 1.04 bits per heavy atom. The molecule has 1 N–H and O–H groups in total. The fourth-order valence-electron chi connectivity index (χ4n) is 2.32. The van der Waals surface area contributed by atoms with Crippen molar-refractivity contribution in [1.82, 2.24) is 0 Å². The van der Waals surface area contributed by atoms with Crippen LogP contribution in [-0.4, -0.2) is 28.5 Å². The Morgan fingerprint density at radius 3 is 2.19 bits per heavy atom. The minimum absolute atomic E-state index is 0.190. The molecule has 2 aromatic carbocycles. The van der Waals surface area contributed by atoms with Crippen molar-refractivity contribution in [3.05, 3.63) is 65.8 Å². The van der Waals surface area contributed by atoms with Gasteiger partial charge in [-0.2, -0.15) is 4.99 Å². The van der Waals surface area contributed by atoms with E-state index >= 15 is 0 Å². The molecule has 9 heteroatoms. The van der Waals surface area contributed by atoms with E-state index in [1.165, 1.54) is 0 Å². The number of nitro groups is 1. The van der Waals surface area contributed by atoms with Gasteiger partial charge in [0.05, 0.1) is 5.69 Å². The van der Waals surface area contributed by atoms with Crippen LogP contribution in [0.5, 0.6) is 0 Å². The van der Waals surface area contributed by atoms with Crippen molar-refractivity contribution in [1.29, 1.82) is 0 Å². The molecule has 1 aliphatic rings. The Labute approximate surface area is 177 Å². The summed E-state index contributed by atoms with van der Waals surface area (Å²) in [5.41, 5.74) is 1.75. The van der Waals surface area contributed by atoms with Gasteiger partial charge >= 0.3 is 6.04 Å². The highest BCUT2D eigenvalue weighted by molar-refractivity contribution is 14.1. The van der Waals surface area contributed by atoms with Gasteiger partial charge in [-0.25, -0.2) is 9.98 Å². The fraction of sp³-hybridized carbons (Fsp3) is 0.118. The first-order valence-corrected chi connectivity index (χ1v) is 9.72. The molecular weight excluding hydrogens is 560 g/mol. The lowest BCUT2D eigenvalue weighted by Crippen LogP contribution is -2.43. The first kappa shape index (κ1) is 18.9. The van der Waals surface area contributed by atoms with Gasteiger partial charge in [0.15, 0.2) is 5.84 Å². The summed E-state index contributed by atoms with van der Waals surface area (Å²) in [6.45, 7) is 1.61. The molecule has 0 spiro atoms. The second-order valence-electron chi connectivity index (χ2n) is 5.46. The van der Waals surface area contributed by atoms with Crippen LogP contribution in [0.25, 0.3) is 0 Å². The Kier molecular flexibility index (Phi) is 5.96. The summed E-state index contributed by atoms with van der Waals surface area (Å²) in [5, 5.41) is 14.5. The highest BCUT2D eigenvalue weighted by Gasteiger charge is 2.34. The van der Waals surface area contributed by atoms with Crippen molar-refractivity contribution in [3.8, 4) is 0 Å². The minimum atomic E-state index is -1.12. The highest BCUT2D eigenvalue weighted by Crippen LogP contribution is 2.18. The van der Waals surface area contributed by atoms with E-state index < -0.39 is 11.0 Å². The fourth-order valence-corrected chi connectivity index (χ4v) is 3.04. The predicted octanol–water partition coefficient (Wildman–Crippen LogP) is 4.51. The Balaban J connectivity index is 1.96. The van der Waals surface area contributed by atoms with Crippen molar-refractivity contribution in [2.75, 3.05) is 5.32 Å². The van der Waals surface area contributed by atoms with Crippen molar-refractivity contribution in [2.24, 2.45) is 15.0 Å². The van der Waals surface area contributed by atoms with Gasteiger partial charge in [-0.05, 0) is 101 Å². The number of benzene rings is 2. The lowest BCUT2D eigenvalue weighted by molar-refractivity contribution is -0.484. The molecule has 0 fully saturated rings. The molecule has 1 aliphatic heterocycles. The van der Waals surface area contributed by atoms with Gasteiger partial charge in [0.25, 0.3) is 5.96 Å². The molecule has 0 bridgehead atoms. The quantitative estimate of drug-likeness (QED) is 0.333. The topological polar surface area (TPSA) is 92.2 Å². The molecule has 0 saturated heterocycles. The first-order valence-electron chi connectivity index (χ1n) is 7.56. The molecule has 0 amide bonds. The van der Waals surface area contributed by atoms with Gasteiger partial charge in [-0.3, -0.25) is 10.1 Å². The van der Waals surface area contributed by atoms with E-state index in [1.54, 1.807) is 6.92 Å². The Morgan fingerprint density at radius 2 is 1.62 bits per heavy atom. The number of guanidine groups is 1. The van der Waals surface area contributed by atoms with Gasteiger partial charge in [0.2, 0.25) is 0 Å². The number of halogens is 2. The van der Waals surface area contributed by atoms with Crippen molar-refractivity contribution >= 4 is 74.1 Å². The average molecular weight is 573 g/mol. The van der Waals surface area contributed by atoms with E-state index in [4.69, 9.17) is 0 Å². The molecule has 0 aliphatic carbocycles. The lowest BCUT2D eigenvalue weighted by Gasteiger charge is -2.17. The van der Waals surface area contributed by atoms with Gasteiger partial charge < -0.3 is 5.32 Å². The van der Waals surface area contributed by atoms with E-state index in [0.717, 1.165) is 12.8 Å². The minimum Gasteiger partial charge on any atom is -0.337 e. The van der Waals surface area contributed by atoms with E-state index in [2.05, 4.69) is 65.5 Å². The zero-order valence-corrected chi connectivity index (χ0v) is 17.9. The van der Waals surface area contributed by atoms with Crippen LogP contribution in [0.1, 0.15) is 6.92 Å². The molecule has 0 aromatic heterocycles. The van der Waals surface area contributed by atoms with E-state index in [1.807, 2.05) is 48.5 Å². The average Bonchev–Trinajstić information content (AvgIpc) is 2.58. The van der Waals surface area contributed by atoms with Crippen LogP contribution in [-0.2, 0) is 0 Å². The summed E-state index contributed by atoms with van der Waals surface area (Å²) in [4.78, 5) is 24.0. The summed E-state index contributed by atoms with van der Waals surface area (Å²) in [7, 11) is 0. The zero-order valence-electron chi connectivity index (χ0n) is 13.6. The van der Waals surface area contributed by atoms with Crippen LogP contribution in [0, 0.1) is 17.3 Å². The largest absolute Gasteiger partial charge is 0.337 e. The van der Waals surface area contributed by atoms with Crippen LogP contribution >= 0.6 is 45.2 Å². The number of hydrogen-bond acceptors (Lipinski definition) is 4. The summed E-state index contributed by atoms with van der Waals surface area (Å²) in [6.07, 6.45) is 0. The summed E-state index contributed by atoms with van der Waals surface area (Å²) in [6, 6.07) is 13.9. The van der Waals surface area contributed by atoms with Crippen molar-refractivity contribution in [2.45, 2.75) is 13.0 Å². The van der Waals surface area contributed by atoms with Crippen LogP contribution in [0.3, 0.4) is 0 Å². The number of nitrogens with one attached hydrogen (secondary N) is 1. The zero-order chi connectivity index (χ0) is 18.7. The second kappa shape index (κ2) is 8.20. The number of hydrogen-bond donors (Lipinski definition) is 1. The highest BCUT2D eigenvalue weighted by atomic mass is 127. The standard InChI is InChI=1S/C17H13I2N5O2/c1-10-15(24(25)26)16(21-13-6-2-11(18)3-7-13)23-17(20-10)22-14-8-4-12(19)5-9-14/h2-9,15H,1H3,(H,21,22,23). The summed E-state index contributed by atoms with van der Waals surface area (Å²) >= 11 is 4.41. The van der Waals surface area contributed by atoms with Crippen LogP contribution in [0.4, 0.5) is 11.4 Å². The monoisotopic (exact) mass is 573 g/mol. The van der Waals surface area contributed by atoms with Gasteiger partial charge in [0.1, 0.15) is 5.71 Å². The lowest BCUT2D eigenvalue weighted by atomic mass is 10.1. The predicted molar refractivity (Wildman–Crippen MR) is 120 cm³/mol. The molecule has 1 atom stereocenters. The number of nitrogens with zero attached hydrogens (tertiary/aromatic N) is 4. The molecule has 2 aromatic rings. The molecular formula is C17H13I2N5O2. The molecule has 0 radical (unpaired) electrons. The Hall–Kier alpha value is -1.89. The maximum Gasteiger partial charge on any atom is 0.307 e. The van der Waals surface area contributed by atoms with Gasteiger partial charge in [0, 0.05) is 17.8 Å².